The molecule has 1 saturated heterocycles. The Morgan fingerprint density at radius 3 is 2.25 bits per heavy atom. The summed E-state index contributed by atoms with van der Waals surface area (Å²) in [5.41, 5.74) is 3.41. The van der Waals surface area contributed by atoms with E-state index in [1.807, 2.05) is 6.08 Å². The van der Waals surface area contributed by atoms with Gasteiger partial charge in [0.2, 0.25) is 0 Å². The summed E-state index contributed by atoms with van der Waals surface area (Å²) in [5, 5.41) is 3.18. The zero-order valence-electron chi connectivity index (χ0n) is 11.2. The summed E-state index contributed by atoms with van der Waals surface area (Å²) in [7, 11) is 0. The summed E-state index contributed by atoms with van der Waals surface area (Å²) >= 11 is 0. The Morgan fingerprint density at radius 1 is 1.20 bits per heavy atom. The molecule has 0 atom stereocenters. The molecule has 2 aliphatic rings. The van der Waals surface area contributed by atoms with Crippen molar-refractivity contribution in [2.75, 3.05) is 19.6 Å². The second kappa shape index (κ2) is 5.06. The smallest absolute Gasteiger partial charge is 0.261 e. The first-order valence-corrected chi connectivity index (χ1v) is 6.69. The molecule has 0 saturated carbocycles. The average Bonchev–Trinajstić information content (AvgIpc) is 2.63. The molecule has 1 fully saturated rings. The zero-order chi connectivity index (χ0) is 14.1. The van der Waals surface area contributed by atoms with Crippen molar-refractivity contribution < 1.29 is 9.59 Å². The second-order valence-electron chi connectivity index (χ2n) is 5.05. The fourth-order valence-corrected chi connectivity index (χ4v) is 2.57. The Hall–Kier alpha value is -2.20. The van der Waals surface area contributed by atoms with E-state index in [1.54, 1.807) is 24.3 Å². The van der Waals surface area contributed by atoms with Gasteiger partial charge in [-0.15, -0.1) is 6.58 Å². The Morgan fingerprint density at radius 2 is 1.80 bits per heavy atom. The molecule has 4 nitrogen and oxygen atoms in total. The van der Waals surface area contributed by atoms with Gasteiger partial charge < -0.3 is 5.32 Å². The van der Waals surface area contributed by atoms with Crippen molar-refractivity contribution >= 4 is 11.8 Å². The van der Waals surface area contributed by atoms with Gasteiger partial charge in [0, 0.05) is 13.1 Å². The number of carbonyl (C=O) groups excluding carboxylic acids is 2. The Labute approximate surface area is 117 Å². The van der Waals surface area contributed by atoms with Gasteiger partial charge >= 0.3 is 0 Å². The van der Waals surface area contributed by atoms with Gasteiger partial charge in [0.15, 0.2) is 0 Å². The van der Waals surface area contributed by atoms with Crippen molar-refractivity contribution in [1.82, 2.24) is 10.2 Å². The Bertz CT molecular complexity index is 590. The van der Waals surface area contributed by atoms with Gasteiger partial charge in [-0.3, -0.25) is 14.5 Å². The highest BCUT2D eigenvalue weighted by Gasteiger charge is 2.35. The van der Waals surface area contributed by atoms with Gasteiger partial charge in [0.1, 0.15) is 0 Å². The van der Waals surface area contributed by atoms with Crippen LogP contribution in [0.25, 0.3) is 0 Å². The van der Waals surface area contributed by atoms with Crippen LogP contribution in [0.4, 0.5) is 0 Å². The fraction of sp³-hybridized carbons (Fsp3) is 0.250. The lowest BCUT2D eigenvalue weighted by molar-refractivity contribution is 0.0667. The molecule has 0 spiro atoms. The molecule has 20 heavy (non-hydrogen) atoms. The molecule has 0 aliphatic carbocycles. The summed E-state index contributed by atoms with van der Waals surface area (Å²) in [6.45, 7) is 5.80. The van der Waals surface area contributed by atoms with E-state index in [4.69, 9.17) is 0 Å². The Kier molecular flexibility index (Phi) is 3.24. The third kappa shape index (κ3) is 1.98. The third-order valence-corrected chi connectivity index (χ3v) is 3.79. The van der Waals surface area contributed by atoms with E-state index in [0.717, 1.165) is 18.7 Å². The molecular weight excluding hydrogens is 252 g/mol. The Balaban J connectivity index is 1.87. The molecule has 2 heterocycles. The fourth-order valence-electron chi connectivity index (χ4n) is 2.57. The highest BCUT2D eigenvalue weighted by Crippen LogP contribution is 2.25. The van der Waals surface area contributed by atoms with Crippen LogP contribution in [0.5, 0.6) is 0 Å². The van der Waals surface area contributed by atoms with Crippen LogP contribution in [0.3, 0.4) is 0 Å². The van der Waals surface area contributed by atoms with Crippen molar-refractivity contribution in [2.45, 2.75) is 6.42 Å². The van der Waals surface area contributed by atoms with Crippen LogP contribution in [0.1, 0.15) is 27.1 Å². The maximum atomic E-state index is 12.3. The predicted molar refractivity (Wildman–Crippen MR) is 76.5 cm³/mol. The lowest BCUT2D eigenvalue weighted by Crippen LogP contribution is -2.38. The zero-order valence-corrected chi connectivity index (χ0v) is 11.2. The van der Waals surface area contributed by atoms with Crippen molar-refractivity contribution in [1.29, 1.82) is 0 Å². The van der Waals surface area contributed by atoms with Gasteiger partial charge in [-0.2, -0.15) is 0 Å². The first-order chi connectivity index (χ1) is 9.72. The first-order valence-electron chi connectivity index (χ1n) is 6.69. The van der Waals surface area contributed by atoms with Crippen molar-refractivity contribution in [3.05, 3.63) is 59.2 Å². The number of hydrogen-bond donors (Lipinski definition) is 1. The summed E-state index contributed by atoms with van der Waals surface area (Å²) in [6, 6.07) is 6.99. The van der Waals surface area contributed by atoms with Crippen LogP contribution in [0.2, 0.25) is 0 Å². The van der Waals surface area contributed by atoms with Gasteiger partial charge in [-0.25, -0.2) is 0 Å². The van der Waals surface area contributed by atoms with Crippen molar-refractivity contribution in [3.63, 3.8) is 0 Å². The SMILES string of the molecule is C=CCC(CN1C(=O)c2ccccc2C1=O)=C1CNC1. The molecular formula is C16H16N2O2. The van der Waals surface area contributed by atoms with Gasteiger partial charge in [0.25, 0.3) is 11.8 Å². The topological polar surface area (TPSA) is 49.4 Å². The van der Waals surface area contributed by atoms with Crippen molar-refractivity contribution in [2.24, 2.45) is 0 Å². The summed E-state index contributed by atoms with van der Waals surface area (Å²) in [6.07, 6.45) is 2.53. The minimum Gasteiger partial charge on any atom is -0.309 e. The van der Waals surface area contributed by atoms with Gasteiger partial charge in [-0.1, -0.05) is 18.2 Å². The van der Waals surface area contributed by atoms with Crippen molar-refractivity contribution in [3.8, 4) is 0 Å². The van der Waals surface area contributed by atoms with E-state index in [9.17, 15) is 9.59 Å². The number of nitrogens with one attached hydrogen (secondary N) is 1. The number of fused-ring (bicyclic) bond motifs is 1. The van der Waals surface area contributed by atoms with Crippen LogP contribution in [-0.4, -0.2) is 36.3 Å². The standard InChI is InChI=1S/C16H16N2O2/c1-2-5-11(12-8-17-9-12)10-18-15(19)13-6-3-4-7-14(13)16(18)20/h2-4,6-7,17H,1,5,8-10H2. The van der Waals surface area contributed by atoms with Gasteiger partial charge in [-0.05, 0) is 29.7 Å². The predicted octanol–water partition coefficient (Wildman–Crippen LogP) is 1.76. The number of imide groups is 1. The normalized spacial score (nSPS) is 17.0. The lowest BCUT2D eigenvalue weighted by atomic mass is 10.00. The molecule has 1 aromatic rings. The number of nitrogens with zero attached hydrogens (tertiary/aromatic N) is 1. The summed E-state index contributed by atoms with van der Waals surface area (Å²) < 4.78 is 0. The van der Waals surface area contributed by atoms with E-state index in [0.29, 0.717) is 24.1 Å². The van der Waals surface area contributed by atoms with Gasteiger partial charge in [0.05, 0.1) is 17.7 Å². The maximum Gasteiger partial charge on any atom is 0.261 e. The maximum absolute atomic E-state index is 12.3. The van der Waals surface area contributed by atoms with E-state index in [-0.39, 0.29) is 11.8 Å². The molecule has 2 aliphatic heterocycles. The average molecular weight is 268 g/mol. The molecule has 102 valence electrons. The quantitative estimate of drug-likeness (QED) is 0.668. The number of amides is 2. The number of carbonyl (C=O) groups is 2. The van der Waals surface area contributed by atoms with Crippen LogP contribution in [0.15, 0.2) is 48.1 Å². The molecule has 0 unspecified atom stereocenters. The minimum absolute atomic E-state index is 0.194. The molecule has 2 amide bonds. The molecule has 0 bridgehead atoms. The van der Waals surface area contributed by atoms with E-state index < -0.39 is 0 Å². The molecule has 0 radical (unpaired) electrons. The van der Waals surface area contributed by atoms with Crippen LogP contribution in [-0.2, 0) is 0 Å². The minimum atomic E-state index is -0.194. The second-order valence-corrected chi connectivity index (χ2v) is 5.05. The molecule has 1 aromatic carbocycles. The van der Waals surface area contributed by atoms with E-state index in [2.05, 4.69) is 11.9 Å². The molecule has 1 N–H and O–H groups in total. The molecule has 0 aromatic heterocycles. The highest BCUT2D eigenvalue weighted by molar-refractivity contribution is 6.21. The number of hydrogen-bond acceptors (Lipinski definition) is 3. The van der Waals surface area contributed by atoms with E-state index >= 15 is 0 Å². The number of allylic oxidation sites excluding steroid dienone is 1. The molecule has 3 rings (SSSR count). The lowest BCUT2D eigenvalue weighted by Gasteiger charge is -2.25. The third-order valence-electron chi connectivity index (χ3n) is 3.79. The summed E-state index contributed by atoms with van der Waals surface area (Å²) in [4.78, 5) is 26.0. The van der Waals surface area contributed by atoms with Crippen LogP contribution < -0.4 is 5.32 Å². The largest absolute Gasteiger partial charge is 0.309 e. The van der Waals surface area contributed by atoms with Crippen LogP contribution in [0, 0.1) is 0 Å². The van der Waals surface area contributed by atoms with E-state index in [1.165, 1.54) is 10.5 Å². The first kappa shape index (κ1) is 12.8. The number of benzene rings is 1. The summed E-state index contributed by atoms with van der Waals surface area (Å²) in [5.74, 6) is -0.389. The number of rotatable bonds is 4. The monoisotopic (exact) mass is 268 g/mol. The highest BCUT2D eigenvalue weighted by atomic mass is 16.2. The van der Waals surface area contributed by atoms with Crippen LogP contribution >= 0.6 is 0 Å². The molecule has 4 heteroatoms.